The highest BCUT2D eigenvalue weighted by molar-refractivity contribution is 5.75. The fourth-order valence-corrected chi connectivity index (χ4v) is 1.64. The van der Waals surface area contributed by atoms with Crippen LogP contribution < -0.4 is 5.32 Å². The molecule has 0 saturated heterocycles. The molecule has 1 aromatic carbocycles. The minimum absolute atomic E-state index is 0.00341. The normalized spacial score (nSPS) is 10.0. The molecule has 0 atom stereocenters. The maximum Gasteiger partial charge on any atom is 0.303 e. The first-order valence-electron chi connectivity index (χ1n) is 6.21. The summed E-state index contributed by atoms with van der Waals surface area (Å²) >= 11 is 0. The van der Waals surface area contributed by atoms with Crippen LogP contribution in [0.5, 0.6) is 0 Å². The van der Waals surface area contributed by atoms with Crippen LogP contribution in [0.4, 0.5) is 0 Å². The molecular formula is C14H19NO3. The quantitative estimate of drug-likeness (QED) is 0.692. The van der Waals surface area contributed by atoms with E-state index in [1.165, 1.54) is 5.56 Å². The van der Waals surface area contributed by atoms with Crippen molar-refractivity contribution < 1.29 is 14.7 Å². The highest BCUT2D eigenvalue weighted by atomic mass is 16.4. The molecule has 0 radical (unpaired) electrons. The molecule has 0 heterocycles. The highest BCUT2D eigenvalue weighted by Gasteiger charge is 2.02. The average Bonchev–Trinajstić information content (AvgIpc) is 2.36. The molecule has 4 nitrogen and oxygen atoms in total. The number of amides is 1. The number of nitrogens with one attached hydrogen (secondary N) is 1. The number of rotatable bonds is 8. The lowest BCUT2D eigenvalue weighted by Crippen LogP contribution is -2.25. The number of unbranched alkanes of at least 4 members (excludes halogenated alkanes) is 1. The SMILES string of the molecule is O=C(O)CCCCC(=O)NCCc1ccccc1. The molecule has 0 bridgehead atoms. The second-order valence-electron chi connectivity index (χ2n) is 4.19. The van der Waals surface area contributed by atoms with Gasteiger partial charge in [-0.2, -0.15) is 0 Å². The standard InChI is InChI=1S/C14H19NO3/c16-13(8-4-5-9-14(17)18)15-11-10-12-6-2-1-3-7-12/h1-3,6-7H,4-5,8-11H2,(H,15,16)(H,17,18). The Balaban J connectivity index is 2.05. The Morgan fingerprint density at radius 3 is 2.39 bits per heavy atom. The van der Waals surface area contributed by atoms with Crippen molar-refractivity contribution in [1.82, 2.24) is 5.32 Å². The van der Waals surface area contributed by atoms with Gasteiger partial charge in [0, 0.05) is 19.4 Å². The Morgan fingerprint density at radius 1 is 1.06 bits per heavy atom. The van der Waals surface area contributed by atoms with Gasteiger partial charge in [0.25, 0.3) is 0 Å². The van der Waals surface area contributed by atoms with Gasteiger partial charge in [0.15, 0.2) is 0 Å². The van der Waals surface area contributed by atoms with Crippen LogP contribution in [-0.2, 0) is 16.0 Å². The van der Waals surface area contributed by atoms with Crippen molar-refractivity contribution in [2.75, 3.05) is 6.54 Å². The van der Waals surface area contributed by atoms with E-state index in [9.17, 15) is 9.59 Å². The van der Waals surface area contributed by atoms with E-state index in [2.05, 4.69) is 5.32 Å². The molecule has 18 heavy (non-hydrogen) atoms. The number of carboxylic acids is 1. The van der Waals surface area contributed by atoms with Crippen LogP contribution in [0.1, 0.15) is 31.2 Å². The maximum atomic E-state index is 11.4. The zero-order valence-electron chi connectivity index (χ0n) is 10.4. The van der Waals surface area contributed by atoms with Crippen LogP contribution in [0, 0.1) is 0 Å². The minimum atomic E-state index is -0.806. The number of benzene rings is 1. The zero-order chi connectivity index (χ0) is 13.2. The summed E-state index contributed by atoms with van der Waals surface area (Å²) in [6.45, 7) is 0.627. The summed E-state index contributed by atoms with van der Waals surface area (Å²) < 4.78 is 0. The third kappa shape index (κ3) is 6.68. The summed E-state index contributed by atoms with van der Waals surface area (Å²) in [5, 5.41) is 11.3. The van der Waals surface area contributed by atoms with E-state index in [-0.39, 0.29) is 12.3 Å². The number of carbonyl (C=O) groups excluding carboxylic acids is 1. The monoisotopic (exact) mass is 249 g/mol. The largest absolute Gasteiger partial charge is 0.481 e. The first-order chi connectivity index (χ1) is 8.68. The molecule has 0 spiro atoms. The van der Waals surface area contributed by atoms with E-state index in [1.54, 1.807) is 0 Å². The Labute approximate surface area is 107 Å². The average molecular weight is 249 g/mol. The first kappa shape index (κ1) is 14.2. The first-order valence-corrected chi connectivity index (χ1v) is 6.21. The molecule has 0 aromatic heterocycles. The Kier molecular flexibility index (Phi) is 6.54. The number of hydrogen-bond donors (Lipinski definition) is 2. The molecule has 0 aliphatic carbocycles. The molecule has 0 aliphatic heterocycles. The van der Waals surface area contributed by atoms with Gasteiger partial charge in [-0.05, 0) is 24.8 Å². The van der Waals surface area contributed by atoms with Gasteiger partial charge in [-0.15, -0.1) is 0 Å². The van der Waals surface area contributed by atoms with E-state index >= 15 is 0 Å². The van der Waals surface area contributed by atoms with E-state index in [0.29, 0.717) is 25.8 Å². The van der Waals surface area contributed by atoms with Crippen LogP contribution >= 0.6 is 0 Å². The molecule has 0 unspecified atom stereocenters. The predicted octanol–water partition coefficient (Wildman–Crippen LogP) is 1.99. The topological polar surface area (TPSA) is 66.4 Å². The Hall–Kier alpha value is -1.84. The molecular weight excluding hydrogens is 230 g/mol. The Morgan fingerprint density at radius 2 is 1.72 bits per heavy atom. The molecule has 0 fully saturated rings. The van der Waals surface area contributed by atoms with Crippen LogP contribution in [-0.4, -0.2) is 23.5 Å². The predicted molar refractivity (Wildman–Crippen MR) is 69.3 cm³/mol. The highest BCUT2D eigenvalue weighted by Crippen LogP contribution is 2.01. The summed E-state index contributed by atoms with van der Waals surface area (Å²) in [7, 11) is 0. The second-order valence-corrected chi connectivity index (χ2v) is 4.19. The van der Waals surface area contributed by atoms with E-state index in [1.807, 2.05) is 30.3 Å². The fraction of sp³-hybridized carbons (Fsp3) is 0.429. The molecule has 0 aliphatic rings. The van der Waals surface area contributed by atoms with Gasteiger partial charge in [-0.3, -0.25) is 9.59 Å². The summed E-state index contributed by atoms with van der Waals surface area (Å²) in [6, 6.07) is 9.97. The third-order valence-electron chi connectivity index (χ3n) is 2.62. The van der Waals surface area contributed by atoms with Gasteiger partial charge < -0.3 is 10.4 Å². The van der Waals surface area contributed by atoms with Crippen LogP contribution in [0.15, 0.2) is 30.3 Å². The molecule has 0 saturated carbocycles. The number of aliphatic carboxylic acids is 1. The summed E-state index contributed by atoms with van der Waals surface area (Å²) in [5.41, 5.74) is 1.20. The lowest BCUT2D eigenvalue weighted by atomic mass is 10.1. The van der Waals surface area contributed by atoms with Gasteiger partial charge in [0.1, 0.15) is 0 Å². The molecule has 1 aromatic rings. The molecule has 1 rings (SSSR count). The van der Waals surface area contributed by atoms with Crippen molar-refractivity contribution >= 4 is 11.9 Å². The van der Waals surface area contributed by atoms with E-state index in [4.69, 9.17) is 5.11 Å². The molecule has 98 valence electrons. The number of carbonyl (C=O) groups is 2. The van der Waals surface area contributed by atoms with Gasteiger partial charge in [0.05, 0.1) is 0 Å². The second kappa shape index (κ2) is 8.28. The smallest absolute Gasteiger partial charge is 0.303 e. The van der Waals surface area contributed by atoms with Gasteiger partial charge in [0.2, 0.25) is 5.91 Å². The van der Waals surface area contributed by atoms with Crippen molar-refractivity contribution in [2.24, 2.45) is 0 Å². The fourth-order valence-electron chi connectivity index (χ4n) is 1.64. The molecule has 2 N–H and O–H groups in total. The van der Waals surface area contributed by atoms with Gasteiger partial charge >= 0.3 is 5.97 Å². The third-order valence-corrected chi connectivity index (χ3v) is 2.62. The lowest BCUT2D eigenvalue weighted by molar-refractivity contribution is -0.137. The Bertz CT molecular complexity index is 376. The number of carboxylic acid groups (broad SMARTS) is 1. The van der Waals surface area contributed by atoms with Crippen LogP contribution in [0.2, 0.25) is 0 Å². The molecule has 4 heteroatoms. The van der Waals surface area contributed by atoms with Crippen molar-refractivity contribution in [3.05, 3.63) is 35.9 Å². The maximum absolute atomic E-state index is 11.4. The van der Waals surface area contributed by atoms with E-state index < -0.39 is 5.97 Å². The van der Waals surface area contributed by atoms with Crippen molar-refractivity contribution in [2.45, 2.75) is 32.1 Å². The molecule has 1 amide bonds. The summed E-state index contributed by atoms with van der Waals surface area (Å²) in [6.07, 6.45) is 2.55. The van der Waals surface area contributed by atoms with Crippen molar-refractivity contribution in [1.29, 1.82) is 0 Å². The van der Waals surface area contributed by atoms with Crippen LogP contribution in [0.25, 0.3) is 0 Å². The van der Waals surface area contributed by atoms with Gasteiger partial charge in [-0.25, -0.2) is 0 Å². The van der Waals surface area contributed by atoms with Crippen molar-refractivity contribution in [3.63, 3.8) is 0 Å². The van der Waals surface area contributed by atoms with Gasteiger partial charge in [-0.1, -0.05) is 30.3 Å². The summed E-state index contributed by atoms with van der Waals surface area (Å²) in [4.78, 5) is 21.7. The number of hydrogen-bond acceptors (Lipinski definition) is 2. The van der Waals surface area contributed by atoms with E-state index in [0.717, 1.165) is 6.42 Å². The van der Waals surface area contributed by atoms with Crippen LogP contribution in [0.3, 0.4) is 0 Å². The van der Waals surface area contributed by atoms with Crippen molar-refractivity contribution in [3.8, 4) is 0 Å². The zero-order valence-corrected chi connectivity index (χ0v) is 10.4. The lowest BCUT2D eigenvalue weighted by Gasteiger charge is -2.05. The minimum Gasteiger partial charge on any atom is -0.481 e. The summed E-state index contributed by atoms with van der Waals surface area (Å²) in [5.74, 6) is -0.809.